The molecule has 0 aliphatic rings. The monoisotopic (exact) mass is 172 g/mol. The SMILES string of the molecule is ON=Cc1cncc2ccccc12. The zero-order chi connectivity index (χ0) is 9.10. The summed E-state index contributed by atoms with van der Waals surface area (Å²) in [5.41, 5.74) is 0.820. The highest BCUT2D eigenvalue weighted by Crippen LogP contribution is 2.14. The van der Waals surface area contributed by atoms with Crippen molar-refractivity contribution in [3.8, 4) is 0 Å². The largest absolute Gasteiger partial charge is 0.411 e. The van der Waals surface area contributed by atoms with Crippen LogP contribution in [-0.4, -0.2) is 16.4 Å². The molecule has 0 fully saturated rings. The molecule has 0 radical (unpaired) electrons. The molecular weight excluding hydrogens is 164 g/mol. The maximum Gasteiger partial charge on any atom is 0.0755 e. The van der Waals surface area contributed by atoms with Gasteiger partial charge in [0.2, 0.25) is 0 Å². The zero-order valence-corrected chi connectivity index (χ0v) is 6.88. The third kappa shape index (κ3) is 1.36. The summed E-state index contributed by atoms with van der Waals surface area (Å²) in [5.74, 6) is 0. The fourth-order valence-corrected chi connectivity index (χ4v) is 1.30. The normalized spacial score (nSPS) is 11.1. The van der Waals surface area contributed by atoms with E-state index in [0.29, 0.717) is 0 Å². The van der Waals surface area contributed by atoms with Crippen LogP contribution in [-0.2, 0) is 0 Å². The third-order valence-corrected chi connectivity index (χ3v) is 1.90. The Balaban J connectivity index is 2.75. The summed E-state index contributed by atoms with van der Waals surface area (Å²) in [6.07, 6.45) is 4.83. The average Bonchev–Trinajstić information content (AvgIpc) is 2.19. The Kier molecular flexibility index (Phi) is 1.92. The van der Waals surface area contributed by atoms with Gasteiger partial charge in [0.25, 0.3) is 0 Å². The summed E-state index contributed by atoms with van der Waals surface area (Å²) < 4.78 is 0. The minimum absolute atomic E-state index is 0.820. The highest BCUT2D eigenvalue weighted by Gasteiger charge is 1.96. The minimum Gasteiger partial charge on any atom is -0.411 e. The molecule has 0 unspecified atom stereocenters. The van der Waals surface area contributed by atoms with E-state index in [1.165, 1.54) is 6.21 Å². The van der Waals surface area contributed by atoms with Crippen molar-refractivity contribution in [1.29, 1.82) is 0 Å². The van der Waals surface area contributed by atoms with Crippen LogP contribution in [0.25, 0.3) is 10.8 Å². The van der Waals surface area contributed by atoms with E-state index in [1.807, 2.05) is 24.3 Å². The Morgan fingerprint density at radius 1 is 1.23 bits per heavy atom. The lowest BCUT2D eigenvalue weighted by molar-refractivity contribution is 0.322. The first-order valence-corrected chi connectivity index (χ1v) is 3.92. The summed E-state index contributed by atoms with van der Waals surface area (Å²) in [4.78, 5) is 4.03. The Morgan fingerprint density at radius 3 is 2.92 bits per heavy atom. The molecule has 1 aromatic carbocycles. The van der Waals surface area contributed by atoms with Crippen LogP contribution < -0.4 is 0 Å². The molecule has 13 heavy (non-hydrogen) atoms. The number of nitrogens with zero attached hydrogens (tertiary/aromatic N) is 2. The molecule has 1 heterocycles. The van der Waals surface area contributed by atoms with Crippen molar-refractivity contribution < 1.29 is 5.21 Å². The molecule has 0 saturated carbocycles. The molecule has 0 aliphatic heterocycles. The van der Waals surface area contributed by atoms with Gasteiger partial charge in [0, 0.05) is 23.3 Å². The van der Waals surface area contributed by atoms with E-state index < -0.39 is 0 Å². The van der Waals surface area contributed by atoms with Crippen molar-refractivity contribution in [2.24, 2.45) is 5.16 Å². The molecule has 3 heteroatoms. The molecule has 1 N–H and O–H groups in total. The molecule has 0 bridgehead atoms. The van der Waals surface area contributed by atoms with E-state index in [-0.39, 0.29) is 0 Å². The van der Waals surface area contributed by atoms with Gasteiger partial charge in [-0.1, -0.05) is 29.4 Å². The van der Waals surface area contributed by atoms with Crippen LogP contribution in [0.1, 0.15) is 5.56 Å². The van der Waals surface area contributed by atoms with Crippen LogP contribution in [0, 0.1) is 0 Å². The summed E-state index contributed by atoms with van der Waals surface area (Å²) in [6, 6.07) is 7.83. The molecule has 1 aromatic heterocycles. The average molecular weight is 172 g/mol. The second-order valence-electron chi connectivity index (χ2n) is 2.69. The molecule has 64 valence electrons. The van der Waals surface area contributed by atoms with Crippen molar-refractivity contribution in [1.82, 2.24) is 4.98 Å². The molecular formula is C10H8N2O. The number of hydrogen-bond donors (Lipinski definition) is 1. The number of aromatic nitrogens is 1. The van der Waals surface area contributed by atoms with Crippen molar-refractivity contribution in [3.05, 3.63) is 42.2 Å². The van der Waals surface area contributed by atoms with Gasteiger partial charge in [-0.3, -0.25) is 4.98 Å². The quantitative estimate of drug-likeness (QED) is 0.406. The molecule has 0 saturated heterocycles. The predicted octanol–water partition coefficient (Wildman–Crippen LogP) is 2.04. The molecule has 0 atom stereocenters. The smallest absolute Gasteiger partial charge is 0.0755 e. The van der Waals surface area contributed by atoms with Gasteiger partial charge in [-0.2, -0.15) is 0 Å². The molecule has 0 amide bonds. The second-order valence-corrected chi connectivity index (χ2v) is 2.69. The predicted molar refractivity (Wildman–Crippen MR) is 51.1 cm³/mol. The standard InChI is InChI=1S/C10H8N2O/c13-12-7-9-6-11-5-8-3-1-2-4-10(8)9/h1-7,13H. The number of rotatable bonds is 1. The summed E-state index contributed by atoms with van der Waals surface area (Å²) in [7, 11) is 0. The highest BCUT2D eigenvalue weighted by molar-refractivity contribution is 5.98. The van der Waals surface area contributed by atoms with Crippen LogP contribution in [0.15, 0.2) is 41.8 Å². The maximum atomic E-state index is 8.42. The first-order valence-electron chi connectivity index (χ1n) is 3.92. The van der Waals surface area contributed by atoms with Crippen LogP contribution in [0.3, 0.4) is 0 Å². The summed E-state index contributed by atoms with van der Waals surface area (Å²) in [6.45, 7) is 0. The van der Waals surface area contributed by atoms with E-state index in [1.54, 1.807) is 12.4 Å². The van der Waals surface area contributed by atoms with Gasteiger partial charge in [-0.05, 0) is 5.39 Å². The number of fused-ring (bicyclic) bond motifs is 1. The van der Waals surface area contributed by atoms with Crippen molar-refractivity contribution in [2.45, 2.75) is 0 Å². The van der Waals surface area contributed by atoms with Gasteiger partial charge >= 0.3 is 0 Å². The highest BCUT2D eigenvalue weighted by atomic mass is 16.4. The van der Waals surface area contributed by atoms with Crippen LogP contribution in [0.4, 0.5) is 0 Å². The first kappa shape index (κ1) is 7.73. The Labute approximate surface area is 75.3 Å². The van der Waals surface area contributed by atoms with Gasteiger partial charge < -0.3 is 5.21 Å². The maximum absolute atomic E-state index is 8.42. The lowest BCUT2D eigenvalue weighted by Crippen LogP contribution is -1.85. The second kappa shape index (κ2) is 3.23. The molecule has 0 aliphatic carbocycles. The van der Waals surface area contributed by atoms with Gasteiger partial charge in [-0.15, -0.1) is 0 Å². The van der Waals surface area contributed by atoms with Gasteiger partial charge in [0.15, 0.2) is 0 Å². The van der Waals surface area contributed by atoms with Crippen molar-refractivity contribution in [3.63, 3.8) is 0 Å². The summed E-state index contributed by atoms with van der Waals surface area (Å²) in [5, 5.41) is 13.5. The minimum atomic E-state index is 0.820. The lowest BCUT2D eigenvalue weighted by atomic mass is 10.1. The number of hydrogen-bond acceptors (Lipinski definition) is 3. The van der Waals surface area contributed by atoms with E-state index in [9.17, 15) is 0 Å². The Morgan fingerprint density at radius 2 is 2.08 bits per heavy atom. The zero-order valence-electron chi connectivity index (χ0n) is 6.88. The molecule has 3 nitrogen and oxygen atoms in total. The fraction of sp³-hybridized carbons (Fsp3) is 0. The van der Waals surface area contributed by atoms with Gasteiger partial charge in [0.1, 0.15) is 0 Å². The number of oxime groups is 1. The van der Waals surface area contributed by atoms with Crippen LogP contribution >= 0.6 is 0 Å². The van der Waals surface area contributed by atoms with Crippen LogP contribution in [0.2, 0.25) is 0 Å². The topological polar surface area (TPSA) is 45.5 Å². The molecule has 2 aromatic rings. The molecule has 0 spiro atoms. The van der Waals surface area contributed by atoms with Crippen molar-refractivity contribution in [2.75, 3.05) is 0 Å². The number of pyridine rings is 1. The van der Waals surface area contributed by atoms with E-state index in [0.717, 1.165) is 16.3 Å². The third-order valence-electron chi connectivity index (χ3n) is 1.90. The van der Waals surface area contributed by atoms with Gasteiger partial charge in [0.05, 0.1) is 6.21 Å². The van der Waals surface area contributed by atoms with E-state index in [4.69, 9.17) is 5.21 Å². The fourth-order valence-electron chi connectivity index (χ4n) is 1.30. The number of benzene rings is 1. The lowest BCUT2D eigenvalue weighted by Gasteiger charge is -1.98. The van der Waals surface area contributed by atoms with Crippen molar-refractivity contribution >= 4 is 17.0 Å². The van der Waals surface area contributed by atoms with Crippen LogP contribution in [0.5, 0.6) is 0 Å². The van der Waals surface area contributed by atoms with Gasteiger partial charge in [-0.25, -0.2) is 0 Å². The Bertz CT molecular complexity index is 446. The van der Waals surface area contributed by atoms with E-state index in [2.05, 4.69) is 10.1 Å². The first-order chi connectivity index (χ1) is 6.42. The Hall–Kier alpha value is -1.90. The summed E-state index contributed by atoms with van der Waals surface area (Å²) >= 11 is 0. The molecule has 2 rings (SSSR count). The van der Waals surface area contributed by atoms with E-state index >= 15 is 0 Å².